The van der Waals surface area contributed by atoms with E-state index in [2.05, 4.69) is 10.6 Å². The highest BCUT2D eigenvalue weighted by molar-refractivity contribution is 7.92. The molecule has 2 N–H and O–H groups in total. The number of carbonyl (C=O) groups excluding carboxylic acids is 1. The van der Waals surface area contributed by atoms with Gasteiger partial charge >= 0.3 is 0 Å². The van der Waals surface area contributed by atoms with Crippen LogP contribution in [0.5, 0.6) is 0 Å². The Kier molecular flexibility index (Phi) is 4.55. The summed E-state index contributed by atoms with van der Waals surface area (Å²) in [6.07, 6.45) is 1.17. The van der Waals surface area contributed by atoms with Crippen molar-refractivity contribution in [1.82, 2.24) is 5.32 Å². The van der Waals surface area contributed by atoms with Gasteiger partial charge in [0.25, 0.3) is 0 Å². The molecular formula is C13H18N2O3S. The Balaban J connectivity index is 1.94. The molecule has 6 heteroatoms. The summed E-state index contributed by atoms with van der Waals surface area (Å²) in [6.45, 7) is 1.40. The fourth-order valence-corrected chi connectivity index (χ4v) is 3.80. The highest BCUT2D eigenvalue weighted by Crippen LogP contribution is 2.14. The van der Waals surface area contributed by atoms with E-state index in [-0.39, 0.29) is 0 Å². The maximum Gasteiger partial charge on any atom is 0.239 e. The molecule has 5 nitrogen and oxygen atoms in total. The minimum absolute atomic E-state index is 0.393. The molecule has 1 fully saturated rings. The number of anilines is 1. The standard InChI is InChI=1S/C13H18N2O3S/c16-13(15-11-4-2-1-3-5-11)10-19(17,18)12-6-8-14-9-7-12/h1-5,12,14H,6-10H2,(H,15,16). The fraction of sp³-hybridized carbons (Fsp3) is 0.462. The molecule has 0 saturated carbocycles. The highest BCUT2D eigenvalue weighted by atomic mass is 32.2. The topological polar surface area (TPSA) is 75.3 Å². The lowest BCUT2D eigenvalue weighted by Crippen LogP contribution is -2.39. The molecule has 0 radical (unpaired) electrons. The number of sulfone groups is 1. The summed E-state index contributed by atoms with van der Waals surface area (Å²) in [6, 6.07) is 8.87. The van der Waals surface area contributed by atoms with Gasteiger partial charge in [-0.05, 0) is 38.1 Å². The fourth-order valence-electron chi connectivity index (χ4n) is 2.17. The van der Waals surface area contributed by atoms with E-state index in [4.69, 9.17) is 0 Å². The van der Waals surface area contributed by atoms with Crippen LogP contribution in [0.3, 0.4) is 0 Å². The van der Waals surface area contributed by atoms with Crippen LogP contribution in [0.2, 0.25) is 0 Å². The van der Waals surface area contributed by atoms with Crippen molar-refractivity contribution in [1.29, 1.82) is 0 Å². The molecule has 2 rings (SSSR count). The van der Waals surface area contributed by atoms with Crippen LogP contribution in [0.4, 0.5) is 5.69 Å². The van der Waals surface area contributed by atoms with Crippen molar-refractivity contribution in [3.8, 4) is 0 Å². The number of piperidine rings is 1. The lowest BCUT2D eigenvalue weighted by atomic mass is 10.2. The van der Waals surface area contributed by atoms with E-state index >= 15 is 0 Å². The van der Waals surface area contributed by atoms with E-state index in [1.807, 2.05) is 6.07 Å². The first-order chi connectivity index (χ1) is 9.08. The van der Waals surface area contributed by atoms with Gasteiger partial charge in [0.2, 0.25) is 5.91 Å². The second-order valence-electron chi connectivity index (χ2n) is 4.67. The van der Waals surface area contributed by atoms with Crippen LogP contribution in [0.15, 0.2) is 30.3 Å². The molecule has 0 spiro atoms. The lowest BCUT2D eigenvalue weighted by molar-refractivity contribution is -0.113. The monoisotopic (exact) mass is 282 g/mol. The average Bonchev–Trinajstić information content (AvgIpc) is 2.40. The molecule has 1 aromatic rings. The number of rotatable bonds is 4. The quantitative estimate of drug-likeness (QED) is 0.856. The average molecular weight is 282 g/mol. The van der Waals surface area contributed by atoms with Gasteiger partial charge in [0.15, 0.2) is 9.84 Å². The second-order valence-corrected chi connectivity index (χ2v) is 6.95. The molecule has 1 aliphatic heterocycles. The van der Waals surface area contributed by atoms with Gasteiger partial charge in [-0.3, -0.25) is 4.79 Å². The van der Waals surface area contributed by atoms with Gasteiger partial charge in [0.05, 0.1) is 5.25 Å². The van der Waals surface area contributed by atoms with Crippen molar-refractivity contribution < 1.29 is 13.2 Å². The van der Waals surface area contributed by atoms with Crippen LogP contribution in [0.1, 0.15) is 12.8 Å². The predicted octanol–water partition coefficient (Wildman–Crippen LogP) is 0.792. The largest absolute Gasteiger partial charge is 0.325 e. The Hall–Kier alpha value is -1.40. The Bertz CT molecular complexity index is 522. The summed E-state index contributed by atoms with van der Waals surface area (Å²) in [4.78, 5) is 11.8. The van der Waals surface area contributed by atoms with E-state index < -0.39 is 26.7 Å². The third kappa shape index (κ3) is 4.04. The van der Waals surface area contributed by atoms with Crippen molar-refractivity contribution in [3.05, 3.63) is 30.3 Å². The molecule has 1 amide bonds. The van der Waals surface area contributed by atoms with Crippen LogP contribution >= 0.6 is 0 Å². The summed E-state index contributed by atoms with van der Waals surface area (Å²) >= 11 is 0. The molecule has 1 aromatic carbocycles. The van der Waals surface area contributed by atoms with Gasteiger partial charge in [-0.25, -0.2) is 8.42 Å². The lowest BCUT2D eigenvalue weighted by Gasteiger charge is -2.22. The van der Waals surface area contributed by atoms with Gasteiger partial charge in [-0.1, -0.05) is 18.2 Å². The molecule has 104 valence electrons. The van der Waals surface area contributed by atoms with Crippen molar-refractivity contribution in [2.24, 2.45) is 0 Å². The van der Waals surface area contributed by atoms with E-state index in [0.29, 0.717) is 31.6 Å². The SMILES string of the molecule is O=C(CS(=O)(=O)C1CCNCC1)Nc1ccccc1. The molecule has 0 aliphatic carbocycles. The highest BCUT2D eigenvalue weighted by Gasteiger charge is 2.29. The van der Waals surface area contributed by atoms with Gasteiger partial charge in [0.1, 0.15) is 5.75 Å². The first-order valence-corrected chi connectivity index (χ1v) is 8.07. The van der Waals surface area contributed by atoms with Gasteiger partial charge in [-0.15, -0.1) is 0 Å². The molecule has 0 atom stereocenters. The molecule has 0 aromatic heterocycles. The van der Waals surface area contributed by atoms with Gasteiger partial charge in [0, 0.05) is 5.69 Å². The van der Waals surface area contributed by atoms with Crippen molar-refractivity contribution in [2.75, 3.05) is 24.2 Å². The first-order valence-electron chi connectivity index (χ1n) is 6.35. The van der Waals surface area contributed by atoms with E-state index in [1.54, 1.807) is 24.3 Å². The number of para-hydroxylation sites is 1. The van der Waals surface area contributed by atoms with Crippen molar-refractivity contribution in [2.45, 2.75) is 18.1 Å². The minimum Gasteiger partial charge on any atom is -0.325 e. The maximum absolute atomic E-state index is 12.1. The summed E-state index contributed by atoms with van der Waals surface area (Å²) in [7, 11) is -3.35. The van der Waals surface area contributed by atoms with Crippen molar-refractivity contribution in [3.63, 3.8) is 0 Å². The van der Waals surface area contributed by atoms with E-state index in [9.17, 15) is 13.2 Å². The second kappa shape index (κ2) is 6.16. The molecule has 1 aliphatic rings. The summed E-state index contributed by atoms with van der Waals surface area (Å²) in [5.41, 5.74) is 0.619. The molecule has 0 bridgehead atoms. The number of hydrogen-bond donors (Lipinski definition) is 2. The summed E-state index contributed by atoms with van der Waals surface area (Å²) in [5.74, 6) is -0.906. The first kappa shape index (κ1) is 14.0. The number of carbonyl (C=O) groups is 1. The third-order valence-electron chi connectivity index (χ3n) is 3.18. The van der Waals surface area contributed by atoms with Crippen LogP contribution in [0.25, 0.3) is 0 Å². The van der Waals surface area contributed by atoms with E-state index in [0.717, 1.165) is 0 Å². The Morgan fingerprint density at radius 3 is 2.47 bits per heavy atom. The molecular weight excluding hydrogens is 264 g/mol. The van der Waals surface area contributed by atoms with Crippen LogP contribution in [-0.2, 0) is 14.6 Å². The third-order valence-corrected chi connectivity index (χ3v) is 5.34. The number of hydrogen-bond acceptors (Lipinski definition) is 4. The zero-order chi connectivity index (χ0) is 13.7. The minimum atomic E-state index is -3.35. The Labute approximate surface area is 113 Å². The van der Waals surface area contributed by atoms with E-state index in [1.165, 1.54) is 0 Å². The molecule has 1 heterocycles. The van der Waals surface area contributed by atoms with Crippen LogP contribution in [0, 0.1) is 0 Å². The molecule has 1 saturated heterocycles. The maximum atomic E-state index is 12.1. The number of amides is 1. The summed E-state index contributed by atoms with van der Waals surface area (Å²) < 4.78 is 24.2. The molecule has 19 heavy (non-hydrogen) atoms. The summed E-state index contributed by atoms with van der Waals surface area (Å²) in [5, 5.41) is 5.33. The van der Waals surface area contributed by atoms with Gasteiger partial charge in [-0.2, -0.15) is 0 Å². The molecule has 0 unspecified atom stereocenters. The van der Waals surface area contributed by atoms with Crippen molar-refractivity contribution >= 4 is 21.4 Å². The number of benzene rings is 1. The van der Waals surface area contributed by atoms with Gasteiger partial charge < -0.3 is 10.6 Å². The zero-order valence-electron chi connectivity index (χ0n) is 10.6. The predicted molar refractivity (Wildman–Crippen MR) is 74.8 cm³/mol. The van der Waals surface area contributed by atoms with Crippen LogP contribution in [-0.4, -0.2) is 38.4 Å². The Morgan fingerprint density at radius 2 is 1.84 bits per heavy atom. The van der Waals surface area contributed by atoms with Crippen LogP contribution < -0.4 is 10.6 Å². The zero-order valence-corrected chi connectivity index (χ0v) is 11.4. The number of nitrogens with one attached hydrogen (secondary N) is 2. The normalized spacial score (nSPS) is 17.1. The Morgan fingerprint density at radius 1 is 1.21 bits per heavy atom. The smallest absolute Gasteiger partial charge is 0.239 e.